The summed E-state index contributed by atoms with van der Waals surface area (Å²) in [6, 6.07) is 8.68. The summed E-state index contributed by atoms with van der Waals surface area (Å²) in [6.07, 6.45) is 0. The van der Waals surface area contributed by atoms with E-state index in [2.05, 4.69) is 24.5 Å². The van der Waals surface area contributed by atoms with Gasteiger partial charge in [0.1, 0.15) is 5.82 Å². The lowest BCUT2D eigenvalue weighted by atomic mass is 9.98. The molecule has 0 radical (unpaired) electrons. The molecule has 0 amide bonds. The molecule has 0 fully saturated rings. The Kier molecular flexibility index (Phi) is 4.56. The molecule has 0 saturated carbocycles. The van der Waals surface area contributed by atoms with Crippen molar-refractivity contribution in [3.8, 4) is 11.1 Å². The quantitative estimate of drug-likeness (QED) is 0.457. The fraction of sp³-hybridized carbons (Fsp3) is 0.167. The van der Waals surface area contributed by atoms with Crippen molar-refractivity contribution in [1.29, 1.82) is 0 Å². The number of rotatable bonds is 4. The van der Waals surface area contributed by atoms with Gasteiger partial charge in [0, 0.05) is 18.0 Å². The maximum atomic E-state index is 12.2. The second-order valence-electron chi connectivity index (χ2n) is 6.54. The maximum Gasteiger partial charge on any atom is 0.348 e. The molecule has 2 aromatic heterocycles. The minimum Gasteiger partial charge on any atom is -0.305 e. The minimum absolute atomic E-state index is 0.394. The van der Waals surface area contributed by atoms with Gasteiger partial charge in [-0.05, 0) is 49.2 Å². The molecule has 3 N–H and O–H groups in total. The van der Waals surface area contributed by atoms with Crippen molar-refractivity contribution in [2.45, 2.75) is 13.8 Å². The van der Waals surface area contributed by atoms with Gasteiger partial charge in [-0.1, -0.05) is 17.7 Å². The van der Waals surface area contributed by atoms with Gasteiger partial charge in [-0.3, -0.25) is 4.72 Å². The highest BCUT2D eigenvalue weighted by Crippen LogP contribution is 2.35. The van der Waals surface area contributed by atoms with Gasteiger partial charge < -0.3 is 4.98 Å². The van der Waals surface area contributed by atoms with Crippen LogP contribution in [-0.4, -0.2) is 35.0 Å². The van der Waals surface area contributed by atoms with Crippen molar-refractivity contribution in [2.24, 2.45) is 0 Å². The first-order chi connectivity index (χ1) is 13.7. The third kappa shape index (κ3) is 3.46. The molecule has 0 aliphatic carbocycles. The Labute approximate surface area is 170 Å². The molecule has 0 bridgehead atoms. The monoisotopic (exact) mass is 432 g/mol. The molecule has 9 nitrogen and oxygen atoms in total. The second kappa shape index (κ2) is 6.83. The number of anilines is 1. The fourth-order valence-electron chi connectivity index (χ4n) is 3.20. The maximum absolute atomic E-state index is 12.2. The van der Waals surface area contributed by atoms with Crippen LogP contribution >= 0.6 is 11.6 Å². The van der Waals surface area contributed by atoms with Crippen LogP contribution in [0.15, 0.2) is 35.1 Å². The minimum atomic E-state index is -3.61. The summed E-state index contributed by atoms with van der Waals surface area (Å²) < 4.78 is 29.3. The molecule has 0 aliphatic heterocycles. The van der Waals surface area contributed by atoms with Gasteiger partial charge in [0.15, 0.2) is 5.65 Å². The fourth-order valence-corrected chi connectivity index (χ4v) is 4.01. The zero-order chi connectivity index (χ0) is 20.9. The number of halogens is 1. The lowest BCUT2D eigenvalue weighted by Crippen LogP contribution is -2.26. The number of aromatic amines is 1. The molecule has 0 atom stereocenters. The van der Waals surface area contributed by atoms with Crippen LogP contribution in [0.4, 0.5) is 5.69 Å². The van der Waals surface area contributed by atoms with E-state index in [4.69, 9.17) is 11.6 Å². The number of fused-ring (bicyclic) bond motifs is 3. The molecule has 150 valence electrons. The number of benzene rings is 2. The van der Waals surface area contributed by atoms with E-state index in [1.54, 1.807) is 31.2 Å². The predicted molar refractivity (Wildman–Crippen MR) is 113 cm³/mol. The Balaban J connectivity index is 1.90. The topological polar surface area (TPSA) is 121 Å². The van der Waals surface area contributed by atoms with E-state index in [9.17, 15) is 13.2 Å². The number of H-pyrrole nitrogens is 1. The number of aryl methyl sites for hydroxylation is 2. The standard InChI is InChI=1S/C18H17ClN6O3S/c1-9-6-11(24-29(27,28)20-3)4-5-12(9)13-7-14-16(8-15(13)19)22-18(26)25-17(14)21-10(2)23-25/h4-8,20,24H,1-3H3,(H,22,26). The van der Waals surface area contributed by atoms with Gasteiger partial charge in [-0.2, -0.15) is 12.9 Å². The molecule has 2 heterocycles. The van der Waals surface area contributed by atoms with E-state index >= 15 is 0 Å². The normalized spacial score (nSPS) is 12.0. The number of aromatic nitrogens is 4. The number of hydrogen-bond acceptors (Lipinski definition) is 5. The summed E-state index contributed by atoms with van der Waals surface area (Å²) in [7, 11) is -2.28. The third-order valence-corrected chi connectivity index (χ3v) is 5.89. The molecule has 4 aromatic rings. The summed E-state index contributed by atoms with van der Waals surface area (Å²) in [6.45, 7) is 3.57. The van der Waals surface area contributed by atoms with Crippen LogP contribution in [-0.2, 0) is 10.2 Å². The second-order valence-corrected chi connectivity index (χ2v) is 8.57. The van der Waals surface area contributed by atoms with E-state index < -0.39 is 15.9 Å². The van der Waals surface area contributed by atoms with E-state index in [1.165, 1.54) is 11.6 Å². The first kappa shape index (κ1) is 19.4. The zero-order valence-corrected chi connectivity index (χ0v) is 17.3. The summed E-state index contributed by atoms with van der Waals surface area (Å²) in [5.74, 6) is 0.483. The van der Waals surface area contributed by atoms with E-state index in [-0.39, 0.29) is 0 Å². The lowest BCUT2D eigenvalue weighted by Gasteiger charge is -2.13. The first-order valence-electron chi connectivity index (χ1n) is 8.60. The van der Waals surface area contributed by atoms with Crippen LogP contribution in [0.1, 0.15) is 11.4 Å². The summed E-state index contributed by atoms with van der Waals surface area (Å²) in [5, 5.41) is 5.26. The smallest absolute Gasteiger partial charge is 0.305 e. The van der Waals surface area contributed by atoms with Crippen LogP contribution in [0.2, 0.25) is 5.02 Å². The van der Waals surface area contributed by atoms with Crippen LogP contribution in [0.25, 0.3) is 27.7 Å². The zero-order valence-electron chi connectivity index (χ0n) is 15.7. The van der Waals surface area contributed by atoms with Crippen molar-refractivity contribution in [3.63, 3.8) is 0 Å². The molecule has 4 rings (SSSR count). The Morgan fingerprint density at radius 1 is 1.14 bits per heavy atom. The largest absolute Gasteiger partial charge is 0.348 e. The molecule has 0 saturated heterocycles. The van der Waals surface area contributed by atoms with E-state index in [0.717, 1.165) is 16.7 Å². The molecular weight excluding hydrogens is 416 g/mol. The van der Waals surface area contributed by atoms with E-state index in [0.29, 0.717) is 33.1 Å². The average molecular weight is 433 g/mol. The van der Waals surface area contributed by atoms with Gasteiger partial charge in [0.2, 0.25) is 0 Å². The van der Waals surface area contributed by atoms with E-state index in [1.807, 2.05) is 13.0 Å². The van der Waals surface area contributed by atoms with Crippen molar-refractivity contribution >= 4 is 44.0 Å². The van der Waals surface area contributed by atoms with Crippen molar-refractivity contribution in [3.05, 3.63) is 57.2 Å². The van der Waals surface area contributed by atoms with Gasteiger partial charge in [-0.25, -0.2) is 14.5 Å². The highest BCUT2D eigenvalue weighted by molar-refractivity contribution is 7.90. The first-order valence-corrected chi connectivity index (χ1v) is 10.5. The number of nitrogens with one attached hydrogen (secondary N) is 3. The molecule has 29 heavy (non-hydrogen) atoms. The highest BCUT2D eigenvalue weighted by atomic mass is 35.5. The lowest BCUT2D eigenvalue weighted by molar-refractivity contribution is 0.593. The molecule has 0 aliphatic rings. The van der Waals surface area contributed by atoms with Crippen molar-refractivity contribution < 1.29 is 8.42 Å². The van der Waals surface area contributed by atoms with Gasteiger partial charge >= 0.3 is 5.69 Å². The SMILES string of the molecule is CNS(=O)(=O)Nc1ccc(-c2cc3c(cc2Cl)[nH]c(=O)n2nc(C)nc32)c(C)c1. The Morgan fingerprint density at radius 2 is 1.90 bits per heavy atom. The predicted octanol–water partition coefficient (Wildman–Crippen LogP) is 2.38. The van der Waals surface area contributed by atoms with Crippen molar-refractivity contribution in [1.82, 2.24) is 24.3 Å². The average Bonchev–Trinajstić information content (AvgIpc) is 3.04. The number of nitrogens with zero attached hydrogens (tertiary/aromatic N) is 3. The van der Waals surface area contributed by atoms with Crippen LogP contribution < -0.4 is 15.1 Å². The molecule has 0 unspecified atom stereocenters. The van der Waals surface area contributed by atoms with Gasteiger partial charge in [0.05, 0.1) is 16.2 Å². The van der Waals surface area contributed by atoms with Crippen LogP contribution in [0.5, 0.6) is 0 Å². The van der Waals surface area contributed by atoms with Gasteiger partial charge in [0.25, 0.3) is 10.2 Å². The summed E-state index contributed by atoms with van der Waals surface area (Å²) in [5.41, 5.74) is 3.40. The third-order valence-electron chi connectivity index (χ3n) is 4.53. The molecule has 0 spiro atoms. The Morgan fingerprint density at radius 3 is 2.59 bits per heavy atom. The van der Waals surface area contributed by atoms with Crippen molar-refractivity contribution in [2.75, 3.05) is 11.8 Å². The number of hydrogen-bond donors (Lipinski definition) is 3. The molecule has 2 aromatic carbocycles. The highest BCUT2D eigenvalue weighted by Gasteiger charge is 2.15. The van der Waals surface area contributed by atoms with Gasteiger partial charge in [-0.15, -0.1) is 5.10 Å². The summed E-state index contributed by atoms with van der Waals surface area (Å²) in [4.78, 5) is 19.3. The van der Waals surface area contributed by atoms with Crippen LogP contribution in [0, 0.1) is 13.8 Å². The Bertz CT molecular complexity index is 1440. The molecular formula is C18H17ClN6O3S. The van der Waals surface area contributed by atoms with Crippen LogP contribution in [0.3, 0.4) is 0 Å². The summed E-state index contributed by atoms with van der Waals surface area (Å²) >= 11 is 6.50. The molecule has 11 heteroatoms. The Hall–Kier alpha value is -2.95.